The summed E-state index contributed by atoms with van der Waals surface area (Å²) in [6, 6.07) is 4.78. The van der Waals surface area contributed by atoms with Crippen LogP contribution in [0.1, 0.15) is 24.5 Å². The molecular weight excluding hydrogens is 308 g/mol. The summed E-state index contributed by atoms with van der Waals surface area (Å²) in [4.78, 5) is 0.495. The van der Waals surface area contributed by atoms with Gasteiger partial charge in [0.2, 0.25) is 10.0 Å². The van der Waals surface area contributed by atoms with Crippen molar-refractivity contribution in [3.05, 3.63) is 29.3 Å². The molecule has 21 heavy (non-hydrogen) atoms. The number of hydrogen-bond acceptors (Lipinski definition) is 4. The highest BCUT2D eigenvalue weighted by Gasteiger charge is 2.32. The van der Waals surface area contributed by atoms with Crippen molar-refractivity contribution in [2.45, 2.75) is 31.3 Å². The van der Waals surface area contributed by atoms with Gasteiger partial charge in [-0.05, 0) is 37.0 Å². The van der Waals surface area contributed by atoms with Crippen molar-refractivity contribution in [3.8, 4) is 0 Å². The average molecular weight is 328 g/mol. The molecule has 3 N–H and O–H groups in total. The minimum Gasteiger partial charge on any atom is -0.393 e. The lowest BCUT2D eigenvalue weighted by molar-refractivity contribution is 0.0628. The second kappa shape index (κ2) is 6.00. The molecule has 1 fully saturated rings. The molecular formula is C14H20N2O3S2. The molecule has 1 aromatic rings. The van der Waals surface area contributed by atoms with E-state index in [9.17, 15) is 13.5 Å². The van der Waals surface area contributed by atoms with E-state index >= 15 is 0 Å². The maximum Gasteiger partial charge on any atom is 0.243 e. The van der Waals surface area contributed by atoms with Crippen LogP contribution >= 0.6 is 12.2 Å². The van der Waals surface area contributed by atoms with Crippen molar-refractivity contribution < 1.29 is 13.5 Å². The fourth-order valence-electron chi connectivity index (χ4n) is 2.54. The van der Waals surface area contributed by atoms with Crippen LogP contribution in [0, 0.1) is 12.8 Å². The fourth-order valence-corrected chi connectivity index (χ4v) is 4.41. The number of aryl methyl sites for hydroxylation is 1. The topological polar surface area (TPSA) is 83.6 Å². The molecule has 7 heteroatoms. The van der Waals surface area contributed by atoms with Gasteiger partial charge in [0.15, 0.2) is 0 Å². The summed E-state index contributed by atoms with van der Waals surface area (Å²) in [5.41, 5.74) is 7.02. The number of nitrogens with two attached hydrogens (primary N) is 1. The largest absolute Gasteiger partial charge is 0.393 e. The van der Waals surface area contributed by atoms with E-state index in [1.165, 1.54) is 10.4 Å². The second-order valence-electron chi connectivity index (χ2n) is 5.54. The maximum absolute atomic E-state index is 12.7. The van der Waals surface area contributed by atoms with Crippen molar-refractivity contribution in [3.63, 3.8) is 0 Å². The third kappa shape index (κ3) is 3.26. The van der Waals surface area contributed by atoms with Crippen LogP contribution in [-0.2, 0) is 10.0 Å². The van der Waals surface area contributed by atoms with Crippen LogP contribution < -0.4 is 5.73 Å². The Hall–Kier alpha value is -1.02. The zero-order valence-electron chi connectivity index (χ0n) is 12.1. The number of piperidine rings is 1. The van der Waals surface area contributed by atoms with E-state index in [4.69, 9.17) is 18.0 Å². The van der Waals surface area contributed by atoms with Gasteiger partial charge in [0.05, 0.1) is 11.0 Å². The Balaban J connectivity index is 2.32. The lowest BCUT2D eigenvalue weighted by atomic mass is 9.99. The number of nitrogens with zero attached hydrogens (tertiary/aromatic N) is 1. The van der Waals surface area contributed by atoms with E-state index in [1.807, 2.05) is 6.92 Å². The number of hydrogen-bond donors (Lipinski definition) is 2. The molecule has 0 amide bonds. The van der Waals surface area contributed by atoms with E-state index in [-0.39, 0.29) is 15.8 Å². The Labute approximate surface area is 130 Å². The normalized spacial score (nSPS) is 24.0. The van der Waals surface area contributed by atoms with Crippen molar-refractivity contribution in [1.29, 1.82) is 0 Å². The molecule has 0 saturated carbocycles. The number of aliphatic hydroxyl groups excluding tert-OH is 1. The molecule has 1 aliphatic heterocycles. The quantitative estimate of drug-likeness (QED) is 0.810. The van der Waals surface area contributed by atoms with Crippen LogP contribution in [0.5, 0.6) is 0 Å². The van der Waals surface area contributed by atoms with Crippen LogP contribution in [0.3, 0.4) is 0 Å². The van der Waals surface area contributed by atoms with Gasteiger partial charge in [-0.1, -0.05) is 25.2 Å². The number of sulfonamides is 1. The summed E-state index contributed by atoms with van der Waals surface area (Å²) in [6.45, 7) is 4.31. The molecule has 0 radical (unpaired) electrons. The molecule has 1 heterocycles. The summed E-state index contributed by atoms with van der Waals surface area (Å²) in [5.74, 6) is -0.0643. The Kier molecular flexibility index (Phi) is 4.67. The Morgan fingerprint density at radius 1 is 1.48 bits per heavy atom. The maximum atomic E-state index is 12.7. The number of thiocarbonyl (C=S) groups is 1. The second-order valence-corrected chi connectivity index (χ2v) is 7.92. The van der Waals surface area contributed by atoms with E-state index in [2.05, 4.69) is 0 Å². The van der Waals surface area contributed by atoms with Crippen LogP contribution in [-0.4, -0.2) is 42.0 Å². The van der Waals surface area contributed by atoms with Gasteiger partial charge in [-0.15, -0.1) is 0 Å². The highest BCUT2D eigenvalue weighted by Crippen LogP contribution is 2.25. The molecule has 0 aliphatic carbocycles. The third-order valence-electron chi connectivity index (χ3n) is 3.92. The molecule has 116 valence electrons. The van der Waals surface area contributed by atoms with Gasteiger partial charge in [-0.2, -0.15) is 4.31 Å². The Morgan fingerprint density at radius 2 is 2.14 bits per heavy atom. The molecule has 5 nitrogen and oxygen atoms in total. The number of rotatable bonds is 3. The van der Waals surface area contributed by atoms with Crippen molar-refractivity contribution in [2.24, 2.45) is 11.7 Å². The van der Waals surface area contributed by atoms with Crippen LogP contribution in [0.2, 0.25) is 0 Å². The summed E-state index contributed by atoms with van der Waals surface area (Å²) in [7, 11) is -3.55. The van der Waals surface area contributed by atoms with Gasteiger partial charge in [0.1, 0.15) is 4.99 Å². The van der Waals surface area contributed by atoms with Gasteiger partial charge >= 0.3 is 0 Å². The monoisotopic (exact) mass is 328 g/mol. The van der Waals surface area contributed by atoms with E-state index in [1.54, 1.807) is 19.1 Å². The first kappa shape index (κ1) is 16.4. The van der Waals surface area contributed by atoms with Gasteiger partial charge in [0, 0.05) is 18.7 Å². The van der Waals surface area contributed by atoms with Crippen molar-refractivity contribution in [1.82, 2.24) is 4.31 Å². The van der Waals surface area contributed by atoms with Gasteiger partial charge in [-0.25, -0.2) is 8.42 Å². The summed E-state index contributed by atoms with van der Waals surface area (Å²) < 4.78 is 26.7. The number of aliphatic hydroxyl groups is 1. The summed E-state index contributed by atoms with van der Waals surface area (Å²) in [5, 5.41) is 9.72. The van der Waals surface area contributed by atoms with Crippen LogP contribution in [0.25, 0.3) is 0 Å². The van der Waals surface area contributed by atoms with E-state index < -0.39 is 16.1 Å². The summed E-state index contributed by atoms with van der Waals surface area (Å²) >= 11 is 4.93. The first-order valence-corrected chi connectivity index (χ1v) is 8.67. The smallest absolute Gasteiger partial charge is 0.243 e. The minimum absolute atomic E-state index is 0.0643. The molecule has 1 saturated heterocycles. The summed E-state index contributed by atoms with van der Waals surface area (Å²) in [6.07, 6.45) is 0.0276. The standard InChI is InChI=1S/C14H20N2O3S2/c1-9-7-11(3-4-12(9)14(15)20)21(18,19)16-6-5-13(17)10(2)8-16/h3-4,7,10,13,17H,5-6,8H2,1-2H3,(H2,15,20). The van der Waals surface area contributed by atoms with E-state index in [0.29, 0.717) is 25.1 Å². The molecule has 0 bridgehead atoms. The number of benzene rings is 1. The molecule has 1 aliphatic rings. The van der Waals surface area contributed by atoms with Crippen molar-refractivity contribution in [2.75, 3.05) is 13.1 Å². The van der Waals surface area contributed by atoms with E-state index in [0.717, 1.165) is 5.56 Å². The highest BCUT2D eigenvalue weighted by molar-refractivity contribution is 7.89. The average Bonchev–Trinajstić information content (AvgIpc) is 2.41. The Bertz CT molecular complexity index is 658. The zero-order chi connectivity index (χ0) is 15.8. The van der Waals surface area contributed by atoms with Crippen molar-refractivity contribution >= 4 is 27.2 Å². The first-order chi connectivity index (χ1) is 9.73. The molecule has 1 aromatic carbocycles. The predicted molar refractivity (Wildman–Crippen MR) is 85.6 cm³/mol. The van der Waals surface area contributed by atoms with Gasteiger partial charge in [-0.3, -0.25) is 0 Å². The molecule has 2 atom stereocenters. The lowest BCUT2D eigenvalue weighted by Crippen LogP contribution is -2.44. The third-order valence-corrected chi connectivity index (χ3v) is 6.00. The SMILES string of the molecule is Cc1cc(S(=O)(=O)N2CCC(O)C(C)C2)ccc1C(N)=S. The first-order valence-electron chi connectivity index (χ1n) is 6.82. The predicted octanol–water partition coefficient (Wildman–Crippen LogP) is 1.02. The molecule has 2 rings (SSSR count). The van der Waals surface area contributed by atoms with Crippen LogP contribution in [0.15, 0.2) is 23.1 Å². The lowest BCUT2D eigenvalue weighted by Gasteiger charge is -2.33. The van der Waals surface area contributed by atoms with Gasteiger partial charge < -0.3 is 10.8 Å². The minimum atomic E-state index is -3.55. The highest BCUT2D eigenvalue weighted by atomic mass is 32.2. The zero-order valence-corrected chi connectivity index (χ0v) is 13.7. The fraction of sp³-hybridized carbons (Fsp3) is 0.500. The molecule has 0 spiro atoms. The molecule has 2 unspecified atom stereocenters. The Morgan fingerprint density at radius 3 is 2.67 bits per heavy atom. The van der Waals surface area contributed by atoms with Gasteiger partial charge in [0.25, 0.3) is 0 Å². The molecule has 0 aromatic heterocycles. The van der Waals surface area contributed by atoms with Crippen LogP contribution in [0.4, 0.5) is 0 Å².